The molecular weight excluding hydrogens is 250 g/mol. The van der Waals surface area contributed by atoms with E-state index >= 15 is 0 Å². The van der Waals surface area contributed by atoms with E-state index in [0.717, 1.165) is 31.0 Å². The molecule has 4 heteroatoms. The number of hydrogen-bond acceptors (Lipinski definition) is 3. The largest absolute Gasteiger partial charge is 0.497 e. The molecule has 0 aliphatic heterocycles. The monoisotopic (exact) mass is 273 g/mol. The number of aryl methyl sites for hydroxylation is 1. The van der Waals surface area contributed by atoms with E-state index in [0.29, 0.717) is 0 Å². The molecule has 20 heavy (non-hydrogen) atoms. The highest BCUT2D eigenvalue weighted by Crippen LogP contribution is 2.20. The molecule has 0 aliphatic carbocycles. The van der Waals surface area contributed by atoms with Crippen LogP contribution in [0.1, 0.15) is 30.8 Å². The van der Waals surface area contributed by atoms with Crippen molar-refractivity contribution in [2.45, 2.75) is 25.8 Å². The summed E-state index contributed by atoms with van der Waals surface area (Å²) in [5.74, 6) is 1.98. The first-order valence-corrected chi connectivity index (χ1v) is 7.08. The Kier molecular flexibility index (Phi) is 5.18. The smallest absolute Gasteiger partial charge is 0.118 e. The minimum atomic E-state index is 0.280. The van der Waals surface area contributed by atoms with E-state index in [9.17, 15) is 0 Å². The van der Waals surface area contributed by atoms with Crippen molar-refractivity contribution in [3.05, 3.63) is 48.0 Å². The second kappa shape index (κ2) is 7.10. The first-order valence-electron chi connectivity index (χ1n) is 7.08. The minimum absolute atomic E-state index is 0.280. The number of ether oxygens (including phenoxy) is 1. The van der Waals surface area contributed by atoms with E-state index in [1.54, 1.807) is 7.11 Å². The van der Waals surface area contributed by atoms with Crippen LogP contribution in [0.5, 0.6) is 5.75 Å². The van der Waals surface area contributed by atoms with Crippen LogP contribution in [0.2, 0.25) is 0 Å². The predicted octanol–water partition coefficient (Wildman–Crippen LogP) is 2.71. The van der Waals surface area contributed by atoms with Gasteiger partial charge in [0.25, 0.3) is 0 Å². The molecule has 0 saturated heterocycles. The molecular formula is C16H23N3O. The van der Waals surface area contributed by atoms with Gasteiger partial charge in [0.05, 0.1) is 7.11 Å². The van der Waals surface area contributed by atoms with Crippen LogP contribution in [0.4, 0.5) is 0 Å². The van der Waals surface area contributed by atoms with Gasteiger partial charge in [0.1, 0.15) is 11.6 Å². The number of hydrogen-bond donors (Lipinski definition) is 1. The lowest BCUT2D eigenvalue weighted by Gasteiger charge is -2.19. The average molecular weight is 273 g/mol. The maximum absolute atomic E-state index is 5.22. The molecule has 1 heterocycles. The van der Waals surface area contributed by atoms with Crippen molar-refractivity contribution in [2.75, 3.05) is 13.7 Å². The van der Waals surface area contributed by atoms with Gasteiger partial charge in [0.15, 0.2) is 0 Å². The van der Waals surface area contributed by atoms with Gasteiger partial charge in [0, 0.05) is 31.9 Å². The summed E-state index contributed by atoms with van der Waals surface area (Å²) in [6, 6.07) is 8.54. The lowest BCUT2D eigenvalue weighted by molar-refractivity contribution is 0.414. The quantitative estimate of drug-likeness (QED) is 0.843. The Morgan fingerprint density at radius 2 is 2.05 bits per heavy atom. The SMILES string of the molecule is CCCNC(Cc1nccn1C)c1ccc(OC)cc1. The summed E-state index contributed by atoms with van der Waals surface area (Å²) in [7, 11) is 3.73. The number of methoxy groups -OCH3 is 1. The molecule has 4 nitrogen and oxygen atoms in total. The standard InChI is InChI=1S/C16H23N3O/c1-4-9-17-15(12-16-18-10-11-19(16)2)13-5-7-14(20-3)8-6-13/h5-8,10-11,15,17H,4,9,12H2,1-3H3. The van der Waals surface area contributed by atoms with Gasteiger partial charge in [-0.1, -0.05) is 19.1 Å². The normalized spacial score (nSPS) is 12.3. The zero-order valence-corrected chi connectivity index (χ0v) is 12.5. The van der Waals surface area contributed by atoms with Crippen molar-refractivity contribution in [3.63, 3.8) is 0 Å². The number of imidazole rings is 1. The first kappa shape index (κ1) is 14.6. The minimum Gasteiger partial charge on any atom is -0.497 e. The van der Waals surface area contributed by atoms with Crippen LogP contribution < -0.4 is 10.1 Å². The zero-order chi connectivity index (χ0) is 14.4. The summed E-state index contributed by atoms with van der Waals surface area (Å²) in [6.45, 7) is 3.18. The topological polar surface area (TPSA) is 39.1 Å². The number of aromatic nitrogens is 2. The molecule has 1 aromatic heterocycles. The van der Waals surface area contributed by atoms with Gasteiger partial charge in [-0.05, 0) is 30.7 Å². The van der Waals surface area contributed by atoms with Gasteiger partial charge < -0.3 is 14.6 Å². The molecule has 108 valence electrons. The molecule has 1 unspecified atom stereocenters. The van der Waals surface area contributed by atoms with E-state index in [4.69, 9.17) is 4.74 Å². The molecule has 0 spiro atoms. The lowest BCUT2D eigenvalue weighted by atomic mass is 10.0. The average Bonchev–Trinajstić information content (AvgIpc) is 2.89. The summed E-state index contributed by atoms with van der Waals surface area (Å²) in [4.78, 5) is 4.42. The Morgan fingerprint density at radius 1 is 1.30 bits per heavy atom. The third kappa shape index (κ3) is 3.61. The fraction of sp³-hybridized carbons (Fsp3) is 0.438. The fourth-order valence-electron chi connectivity index (χ4n) is 2.24. The summed E-state index contributed by atoms with van der Waals surface area (Å²) in [5.41, 5.74) is 1.27. The Balaban J connectivity index is 2.15. The molecule has 0 fully saturated rings. The maximum atomic E-state index is 5.22. The molecule has 0 amide bonds. The maximum Gasteiger partial charge on any atom is 0.118 e. The molecule has 0 radical (unpaired) electrons. The number of nitrogens with one attached hydrogen (secondary N) is 1. The molecule has 2 aromatic rings. The molecule has 0 saturated carbocycles. The first-order chi connectivity index (χ1) is 9.74. The molecule has 0 bridgehead atoms. The van der Waals surface area contributed by atoms with Crippen LogP contribution in [0.25, 0.3) is 0 Å². The Morgan fingerprint density at radius 3 is 2.60 bits per heavy atom. The third-order valence-corrected chi connectivity index (χ3v) is 3.47. The van der Waals surface area contributed by atoms with Gasteiger partial charge in [-0.25, -0.2) is 4.98 Å². The molecule has 2 rings (SSSR count). The van der Waals surface area contributed by atoms with Crippen molar-refractivity contribution >= 4 is 0 Å². The number of benzene rings is 1. The highest BCUT2D eigenvalue weighted by Gasteiger charge is 2.14. The summed E-state index contributed by atoms with van der Waals surface area (Å²) in [5, 5.41) is 3.59. The zero-order valence-electron chi connectivity index (χ0n) is 12.5. The fourth-order valence-corrected chi connectivity index (χ4v) is 2.24. The van der Waals surface area contributed by atoms with Crippen LogP contribution in [-0.4, -0.2) is 23.2 Å². The highest BCUT2D eigenvalue weighted by atomic mass is 16.5. The molecule has 1 aromatic carbocycles. The van der Waals surface area contributed by atoms with Crippen LogP contribution in [0, 0.1) is 0 Å². The summed E-state index contributed by atoms with van der Waals surface area (Å²) >= 11 is 0. The van der Waals surface area contributed by atoms with Crippen molar-refractivity contribution in [3.8, 4) is 5.75 Å². The third-order valence-electron chi connectivity index (χ3n) is 3.47. The number of nitrogens with zero attached hydrogens (tertiary/aromatic N) is 2. The predicted molar refractivity (Wildman–Crippen MR) is 80.9 cm³/mol. The second-order valence-electron chi connectivity index (χ2n) is 4.94. The summed E-state index contributed by atoms with van der Waals surface area (Å²) < 4.78 is 7.29. The van der Waals surface area contributed by atoms with E-state index in [-0.39, 0.29) is 6.04 Å². The van der Waals surface area contributed by atoms with Crippen LogP contribution in [-0.2, 0) is 13.5 Å². The van der Waals surface area contributed by atoms with Gasteiger partial charge in [-0.2, -0.15) is 0 Å². The van der Waals surface area contributed by atoms with Crippen LogP contribution in [0.3, 0.4) is 0 Å². The van der Waals surface area contributed by atoms with Gasteiger partial charge in [-0.15, -0.1) is 0 Å². The van der Waals surface area contributed by atoms with Crippen molar-refractivity contribution in [1.29, 1.82) is 0 Å². The van der Waals surface area contributed by atoms with Crippen molar-refractivity contribution in [2.24, 2.45) is 7.05 Å². The second-order valence-corrected chi connectivity index (χ2v) is 4.94. The lowest BCUT2D eigenvalue weighted by Crippen LogP contribution is -2.25. The van der Waals surface area contributed by atoms with Gasteiger partial charge >= 0.3 is 0 Å². The van der Waals surface area contributed by atoms with E-state index in [1.165, 1.54) is 5.56 Å². The van der Waals surface area contributed by atoms with E-state index in [2.05, 4.69) is 33.9 Å². The van der Waals surface area contributed by atoms with Crippen LogP contribution in [0.15, 0.2) is 36.7 Å². The van der Waals surface area contributed by atoms with Crippen molar-refractivity contribution in [1.82, 2.24) is 14.9 Å². The Bertz CT molecular complexity index is 519. The molecule has 1 N–H and O–H groups in total. The molecule has 1 atom stereocenters. The van der Waals surface area contributed by atoms with E-state index in [1.807, 2.05) is 31.6 Å². The van der Waals surface area contributed by atoms with Crippen LogP contribution >= 0.6 is 0 Å². The van der Waals surface area contributed by atoms with Crippen molar-refractivity contribution < 1.29 is 4.74 Å². The highest BCUT2D eigenvalue weighted by molar-refractivity contribution is 5.29. The number of rotatable bonds is 7. The Hall–Kier alpha value is -1.81. The molecule has 0 aliphatic rings. The van der Waals surface area contributed by atoms with Gasteiger partial charge in [0.2, 0.25) is 0 Å². The van der Waals surface area contributed by atoms with E-state index < -0.39 is 0 Å². The Labute approximate surface area is 120 Å². The van der Waals surface area contributed by atoms with Gasteiger partial charge in [-0.3, -0.25) is 0 Å². The summed E-state index contributed by atoms with van der Waals surface area (Å²) in [6.07, 6.45) is 5.84.